The molecular weight excluding hydrogens is 198 g/mol. The van der Waals surface area contributed by atoms with Crippen LogP contribution in [0.4, 0.5) is 0 Å². The molecule has 2 saturated heterocycles. The first-order chi connectivity index (χ1) is 7.66. The van der Waals surface area contributed by atoms with Gasteiger partial charge in [0.25, 0.3) is 0 Å². The number of rotatable bonds is 3. The van der Waals surface area contributed by atoms with E-state index in [0.717, 1.165) is 6.54 Å². The van der Waals surface area contributed by atoms with Crippen molar-refractivity contribution in [2.75, 3.05) is 19.6 Å². The van der Waals surface area contributed by atoms with Crippen LogP contribution < -0.4 is 0 Å². The molecule has 2 heterocycles. The zero-order valence-electron chi connectivity index (χ0n) is 10.7. The van der Waals surface area contributed by atoms with Crippen molar-refractivity contribution in [1.29, 1.82) is 0 Å². The zero-order chi connectivity index (χ0) is 11.5. The summed E-state index contributed by atoms with van der Waals surface area (Å²) in [6.45, 7) is 12.1. The van der Waals surface area contributed by atoms with E-state index in [1.165, 1.54) is 44.3 Å². The van der Waals surface area contributed by atoms with E-state index in [9.17, 15) is 0 Å². The van der Waals surface area contributed by atoms with Crippen LogP contribution in [0.5, 0.6) is 0 Å². The maximum absolute atomic E-state index is 6.12. The van der Waals surface area contributed by atoms with Crippen molar-refractivity contribution in [2.24, 2.45) is 5.92 Å². The summed E-state index contributed by atoms with van der Waals surface area (Å²) >= 11 is 0. The topological polar surface area (TPSA) is 12.5 Å². The van der Waals surface area contributed by atoms with Gasteiger partial charge in [0.1, 0.15) is 0 Å². The summed E-state index contributed by atoms with van der Waals surface area (Å²) in [7, 11) is 0. The van der Waals surface area contributed by atoms with Crippen LogP contribution in [0.3, 0.4) is 0 Å². The fraction of sp³-hybridized carbons (Fsp3) is 0.857. The molecule has 0 radical (unpaired) electrons. The van der Waals surface area contributed by atoms with E-state index >= 15 is 0 Å². The fourth-order valence-corrected chi connectivity index (χ4v) is 3.02. The predicted molar refractivity (Wildman–Crippen MR) is 67.5 cm³/mol. The Bertz CT molecular complexity index is 245. The Balaban J connectivity index is 1.93. The van der Waals surface area contributed by atoms with Crippen molar-refractivity contribution in [2.45, 2.75) is 51.7 Å². The van der Waals surface area contributed by atoms with Crippen molar-refractivity contribution in [3.8, 4) is 0 Å². The highest BCUT2D eigenvalue weighted by molar-refractivity contribution is 5.02. The molecule has 2 heteroatoms. The highest BCUT2D eigenvalue weighted by Gasteiger charge is 2.31. The highest BCUT2D eigenvalue weighted by Crippen LogP contribution is 2.30. The van der Waals surface area contributed by atoms with Gasteiger partial charge < -0.3 is 9.64 Å². The monoisotopic (exact) mass is 223 g/mol. The third-order valence-electron chi connectivity index (χ3n) is 4.01. The van der Waals surface area contributed by atoms with E-state index in [1.54, 1.807) is 0 Å². The van der Waals surface area contributed by atoms with Gasteiger partial charge in [-0.3, -0.25) is 0 Å². The first kappa shape index (κ1) is 12.1. The molecule has 2 aliphatic rings. The van der Waals surface area contributed by atoms with Gasteiger partial charge in [-0.2, -0.15) is 0 Å². The lowest BCUT2D eigenvalue weighted by atomic mass is 9.86. The molecular formula is C14H25NO. The second-order valence-corrected chi connectivity index (χ2v) is 5.52. The number of ether oxygens (including phenoxy) is 1. The van der Waals surface area contributed by atoms with Crippen molar-refractivity contribution in [3.63, 3.8) is 0 Å². The molecule has 0 unspecified atom stereocenters. The Labute approximate surface area is 99.7 Å². The van der Waals surface area contributed by atoms with Crippen LogP contribution in [0.2, 0.25) is 0 Å². The molecule has 16 heavy (non-hydrogen) atoms. The molecule has 0 saturated carbocycles. The summed E-state index contributed by atoms with van der Waals surface area (Å²) in [5.41, 5.74) is 1.30. The summed E-state index contributed by atoms with van der Waals surface area (Å²) in [5, 5.41) is 0. The van der Waals surface area contributed by atoms with E-state index < -0.39 is 0 Å². The average Bonchev–Trinajstić information content (AvgIpc) is 2.70. The molecule has 0 aromatic heterocycles. The first-order valence-corrected chi connectivity index (χ1v) is 6.70. The number of nitrogens with zero attached hydrogens (tertiary/aromatic N) is 1. The average molecular weight is 223 g/mol. The minimum absolute atomic E-state index is 0.388. The molecule has 2 fully saturated rings. The van der Waals surface area contributed by atoms with E-state index in [-0.39, 0.29) is 0 Å². The Morgan fingerprint density at radius 3 is 2.62 bits per heavy atom. The van der Waals surface area contributed by atoms with Gasteiger partial charge in [0, 0.05) is 12.5 Å². The standard InChI is InChI=1S/C14H25NO/c1-11(2)13-7-6-12(3)16-14(13)10-15-8-4-5-9-15/h12-14H,1,4-10H2,2-3H3/t12-,13+,14-/m1/s1. The lowest BCUT2D eigenvalue weighted by Crippen LogP contribution is -2.42. The Morgan fingerprint density at radius 2 is 2.00 bits per heavy atom. The van der Waals surface area contributed by atoms with Crippen LogP contribution in [-0.2, 0) is 4.74 Å². The van der Waals surface area contributed by atoms with Crippen molar-refractivity contribution in [1.82, 2.24) is 4.90 Å². The zero-order valence-corrected chi connectivity index (χ0v) is 10.7. The van der Waals surface area contributed by atoms with Crippen LogP contribution in [0.25, 0.3) is 0 Å². The third-order valence-corrected chi connectivity index (χ3v) is 4.01. The van der Waals surface area contributed by atoms with Crippen molar-refractivity contribution >= 4 is 0 Å². The maximum atomic E-state index is 6.12. The summed E-state index contributed by atoms with van der Waals surface area (Å²) in [6, 6.07) is 0. The van der Waals surface area contributed by atoms with Gasteiger partial charge >= 0.3 is 0 Å². The Morgan fingerprint density at radius 1 is 1.31 bits per heavy atom. The van der Waals surface area contributed by atoms with Crippen LogP contribution in [0.15, 0.2) is 12.2 Å². The van der Waals surface area contributed by atoms with Gasteiger partial charge in [-0.05, 0) is 52.6 Å². The van der Waals surface area contributed by atoms with E-state index in [4.69, 9.17) is 4.74 Å². The van der Waals surface area contributed by atoms with Gasteiger partial charge in [-0.25, -0.2) is 0 Å². The van der Waals surface area contributed by atoms with Gasteiger partial charge in [0.05, 0.1) is 12.2 Å². The molecule has 0 aromatic rings. The second kappa shape index (κ2) is 5.33. The molecule has 92 valence electrons. The molecule has 2 nitrogen and oxygen atoms in total. The molecule has 0 amide bonds. The summed E-state index contributed by atoms with van der Waals surface area (Å²) in [6.07, 6.45) is 5.99. The Kier molecular flexibility index (Phi) is 4.04. The van der Waals surface area contributed by atoms with Crippen molar-refractivity contribution in [3.05, 3.63) is 12.2 Å². The summed E-state index contributed by atoms with van der Waals surface area (Å²) < 4.78 is 6.12. The van der Waals surface area contributed by atoms with Crippen LogP contribution >= 0.6 is 0 Å². The normalized spacial score (nSPS) is 36.5. The lowest BCUT2D eigenvalue weighted by Gasteiger charge is -2.37. The molecule has 0 spiro atoms. The number of likely N-dealkylation sites (tertiary alicyclic amines) is 1. The lowest BCUT2D eigenvalue weighted by molar-refractivity contribution is -0.0757. The molecule has 0 N–H and O–H groups in total. The van der Waals surface area contributed by atoms with Gasteiger partial charge in [0.2, 0.25) is 0 Å². The quantitative estimate of drug-likeness (QED) is 0.682. The van der Waals surface area contributed by atoms with Crippen LogP contribution in [0, 0.1) is 5.92 Å². The summed E-state index contributed by atoms with van der Waals surface area (Å²) in [4.78, 5) is 2.55. The van der Waals surface area contributed by atoms with Gasteiger partial charge in [0.15, 0.2) is 0 Å². The first-order valence-electron chi connectivity index (χ1n) is 6.70. The molecule has 2 rings (SSSR count). The minimum Gasteiger partial charge on any atom is -0.373 e. The number of hydrogen-bond acceptors (Lipinski definition) is 2. The smallest absolute Gasteiger partial charge is 0.0770 e. The third kappa shape index (κ3) is 2.86. The van der Waals surface area contributed by atoms with E-state index in [2.05, 4.69) is 25.3 Å². The van der Waals surface area contributed by atoms with Gasteiger partial charge in [-0.15, -0.1) is 0 Å². The fourth-order valence-electron chi connectivity index (χ4n) is 3.02. The SMILES string of the molecule is C=C(C)[C@@H]1CC[C@@H](C)O[C@@H]1CN1CCCC1. The van der Waals surface area contributed by atoms with Crippen LogP contribution in [0.1, 0.15) is 39.5 Å². The highest BCUT2D eigenvalue weighted by atomic mass is 16.5. The molecule has 2 aliphatic heterocycles. The summed E-state index contributed by atoms with van der Waals surface area (Å²) in [5.74, 6) is 0.580. The molecule has 0 aromatic carbocycles. The Hall–Kier alpha value is -0.340. The maximum Gasteiger partial charge on any atom is 0.0770 e. The molecule has 0 bridgehead atoms. The molecule has 3 atom stereocenters. The van der Waals surface area contributed by atoms with Crippen molar-refractivity contribution < 1.29 is 4.74 Å². The predicted octanol–water partition coefficient (Wildman–Crippen LogP) is 2.84. The molecule has 0 aliphatic carbocycles. The minimum atomic E-state index is 0.388. The van der Waals surface area contributed by atoms with E-state index in [0.29, 0.717) is 18.1 Å². The number of hydrogen-bond donors (Lipinski definition) is 0. The largest absolute Gasteiger partial charge is 0.373 e. The second-order valence-electron chi connectivity index (χ2n) is 5.52. The van der Waals surface area contributed by atoms with Gasteiger partial charge in [-0.1, -0.05) is 12.2 Å². The van der Waals surface area contributed by atoms with Crippen LogP contribution in [-0.4, -0.2) is 36.7 Å². The van der Waals surface area contributed by atoms with E-state index in [1.807, 2.05) is 0 Å².